The molecule has 2 heterocycles. The van der Waals surface area contributed by atoms with Gasteiger partial charge in [-0.25, -0.2) is 9.79 Å². The van der Waals surface area contributed by atoms with Gasteiger partial charge in [0.25, 0.3) is 5.91 Å². The molecule has 0 atom stereocenters. The van der Waals surface area contributed by atoms with Crippen LogP contribution in [0.2, 0.25) is 0 Å². The second kappa shape index (κ2) is 7.23. The van der Waals surface area contributed by atoms with Gasteiger partial charge in [-0.05, 0) is 60.3 Å². The number of carboxylic acids is 1. The Morgan fingerprint density at radius 3 is 2.68 bits per heavy atom. The normalized spacial score (nSPS) is 18.0. The Labute approximate surface area is 148 Å². The Hall–Kier alpha value is -3.06. The van der Waals surface area contributed by atoms with Crippen molar-refractivity contribution in [2.24, 2.45) is 4.99 Å². The van der Waals surface area contributed by atoms with E-state index < -0.39 is 5.97 Å². The number of rotatable bonds is 4. The molecule has 7 heteroatoms. The van der Waals surface area contributed by atoms with Gasteiger partial charge in [0.1, 0.15) is 5.76 Å². The number of carbonyl (C=O) groups excluding carboxylic acids is 1. The van der Waals surface area contributed by atoms with E-state index in [2.05, 4.69) is 4.99 Å². The average molecular weight is 354 g/mol. The predicted molar refractivity (Wildman–Crippen MR) is 96.7 cm³/mol. The second-order valence-electron chi connectivity index (χ2n) is 5.12. The van der Waals surface area contributed by atoms with E-state index in [0.29, 0.717) is 21.5 Å². The molecular formula is C18H14N2O4S. The van der Waals surface area contributed by atoms with Crippen molar-refractivity contribution in [3.05, 3.63) is 71.0 Å². The van der Waals surface area contributed by atoms with E-state index in [4.69, 9.17) is 9.52 Å². The van der Waals surface area contributed by atoms with Gasteiger partial charge < -0.3 is 9.52 Å². The number of allylic oxidation sites excluding steroid dienone is 2. The number of aliphatic imine (C=N–C) groups is 1. The number of aromatic carboxylic acids is 1. The molecule has 6 nitrogen and oxygen atoms in total. The number of thioether (sulfide) groups is 1. The molecule has 0 bridgehead atoms. The molecule has 1 fully saturated rings. The standard InChI is InChI=1S/C18H14N2O4S/c1-20-16(21)15(6-2-4-14-5-3-11-24-14)25-18(20)19-13-9-7-12(8-10-13)17(22)23/h2-11H,1H3,(H,22,23)/b4-2+,15-6-,19-18?. The quantitative estimate of drug-likeness (QED) is 0.845. The van der Waals surface area contributed by atoms with Crippen LogP contribution >= 0.6 is 11.8 Å². The summed E-state index contributed by atoms with van der Waals surface area (Å²) in [5.41, 5.74) is 0.774. The summed E-state index contributed by atoms with van der Waals surface area (Å²) in [4.78, 5) is 29.5. The first-order valence-corrected chi connectivity index (χ1v) is 8.16. The smallest absolute Gasteiger partial charge is 0.335 e. The van der Waals surface area contributed by atoms with E-state index in [1.54, 1.807) is 49.7 Å². The number of furan rings is 1. The number of carboxylic acid groups (broad SMARTS) is 1. The molecule has 0 saturated carbocycles. The minimum absolute atomic E-state index is 0.144. The van der Waals surface area contributed by atoms with Crippen LogP contribution in [0, 0.1) is 0 Å². The number of hydrogen-bond acceptors (Lipinski definition) is 5. The highest BCUT2D eigenvalue weighted by atomic mass is 32.2. The molecule has 3 rings (SSSR count). The summed E-state index contributed by atoms with van der Waals surface area (Å²) in [6, 6.07) is 9.77. The van der Waals surface area contributed by atoms with Crippen molar-refractivity contribution in [3.8, 4) is 0 Å². The van der Waals surface area contributed by atoms with Crippen molar-refractivity contribution >= 4 is 40.6 Å². The fourth-order valence-electron chi connectivity index (χ4n) is 2.07. The number of likely N-dealkylation sites (N-methyl/N-ethyl adjacent to an activating group) is 1. The van der Waals surface area contributed by atoms with Gasteiger partial charge in [0.15, 0.2) is 5.17 Å². The van der Waals surface area contributed by atoms with Gasteiger partial charge in [-0.2, -0.15) is 0 Å². The van der Waals surface area contributed by atoms with Gasteiger partial charge >= 0.3 is 5.97 Å². The monoisotopic (exact) mass is 354 g/mol. The molecule has 2 aromatic rings. The minimum Gasteiger partial charge on any atom is -0.478 e. The zero-order valence-electron chi connectivity index (χ0n) is 13.2. The highest BCUT2D eigenvalue weighted by molar-refractivity contribution is 8.18. The van der Waals surface area contributed by atoms with Crippen molar-refractivity contribution in [3.63, 3.8) is 0 Å². The van der Waals surface area contributed by atoms with Gasteiger partial charge in [-0.1, -0.05) is 6.08 Å². The lowest BCUT2D eigenvalue weighted by Crippen LogP contribution is -2.23. The molecule has 1 aliphatic heterocycles. The molecule has 0 spiro atoms. The largest absolute Gasteiger partial charge is 0.478 e. The number of amidine groups is 1. The summed E-state index contributed by atoms with van der Waals surface area (Å²) < 4.78 is 5.19. The third-order valence-electron chi connectivity index (χ3n) is 3.39. The van der Waals surface area contributed by atoms with Crippen molar-refractivity contribution < 1.29 is 19.1 Å². The third kappa shape index (κ3) is 3.89. The predicted octanol–water partition coefficient (Wildman–Crippen LogP) is 3.77. The molecule has 1 aromatic carbocycles. The first kappa shape index (κ1) is 16.8. The molecule has 126 valence electrons. The van der Waals surface area contributed by atoms with E-state index in [1.165, 1.54) is 28.8 Å². The van der Waals surface area contributed by atoms with E-state index in [0.717, 1.165) is 0 Å². The van der Waals surface area contributed by atoms with Crippen LogP contribution < -0.4 is 0 Å². The summed E-state index contributed by atoms with van der Waals surface area (Å²) >= 11 is 1.26. The number of carbonyl (C=O) groups is 2. The fraction of sp³-hybridized carbons (Fsp3) is 0.0556. The Morgan fingerprint density at radius 2 is 2.04 bits per heavy atom. The fourth-order valence-corrected chi connectivity index (χ4v) is 3.01. The van der Waals surface area contributed by atoms with Crippen LogP contribution in [-0.2, 0) is 4.79 Å². The van der Waals surface area contributed by atoms with Gasteiger partial charge in [0.05, 0.1) is 22.4 Å². The molecular weight excluding hydrogens is 340 g/mol. The Bertz CT molecular complexity index is 880. The number of amides is 1. The molecule has 25 heavy (non-hydrogen) atoms. The van der Waals surface area contributed by atoms with Crippen LogP contribution in [-0.4, -0.2) is 34.1 Å². The highest BCUT2D eigenvalue weighted by Crippen LogP contribution is 2.31. The molecule has 1 N–H and O–H groups in total. The van der Waals surface area contributed by atoms with Gasteiger partial charge in [-0.15, -0.1) is 0 Å². The molecule has 1 saturated heterocycles. The van der Waals surface area contributed by atoms with Crippen LogP contribution in [0.3, 0.4) is 0 Å². The van der Waals surface area contributed by atoms with Gasteiger partial charge in [0, 0.05) is 7.05 Å². The lowest BCUT2D eigenvalue weighted by molar-refractivity contribution is -0.121. The molecule has 1 amide bonds. The maximum atomic E-state index is 12.3. The van der Waals surface area contributed by atoms with Gasteiger partial charge in [-0.3, -0.25) is 9.69 Å². The lowest BCUT2D eigenvalue weighted by atomic mass is 10.2. The second-order valence-corrected chi connectivity index (χ2v) is 6.13. The van der Waals surface area contributed by atoms with Crippen molar-refractivity contribution in [1.82, 2.24) is 4.90 Å². The highest BCUT2D eigenvalue weighted by Gasteiger charge is 2.29. The number of hydrogen-bond donors (Lipinski definition) is 1. The molecule has 0 aliphatic carbocycles. The minimum atomic E-state index is -0.990. The zero-order valence-corrected chi connectivity index (χ0v) is 14.1. The van der Waals surface area contributed by atoms with E-state index >= 15 is 0 Å². The Morgan fingerprint density at radius 1 is 1.28 bits per heavy atom. The first-order valence-electron chi connectivity index (χ1n) is 7.34. The summed E-state index contributed by atoms with van der Waals surface area (Å²) in [6.45, 7) is 0. The van der Waals surface area contributed by atoms with Crippen molar-refractivity contribution in [2.45, 2.75) is 0 Å². The topological polar surface area (TPSA) is 83.1 Å². The zero-order chi connectivity index (χ0) is 17.8. The maximum Gasteiger partial charge on any atom is 0.335 e. The number of nitrogens with zero attached hydrogens (tertiary/aromatic N) is 2. The summed E-state index contributed by atoms with van der Waals surface area (Å²) in [6.07, 6.45) is 6.80. The van der Waals surface area contributed by atoms with Gasteiger partial charge in [0.2, 0.25) is 0 Å². The summed E-state index contributed by atoms with van der Waals surface area (Å²) in [7, 11) is 1.65. The van der Waals surface area contributed by atoms with Crippen LogP contribution in [0.1, 0.15) is 16.1 Å². The Balaban J connectivity index is 1.77. The number of benzene rings is 1. The lowest BCUT2D eigenvalue weighted by Gasteiger charge is -2.07. The van der Waals surface area contributed by atoms with Crippen LogP contribution in [0.15, 0.2) is 69.1 Å². The Kier molecular flexibility index (Phi) is 4.85. The molecule has 0 radical (unpaired) electrons. The molecule has 1 aromatic heterocycles. The van der Waals surface area contributed by atoms with E-state index in [-0.39, 0.29) is 11.5 Å². The third-order valence-corrected chi connectivity index (χ3v) is 4.47. The molecule has 0 unspecified atom stereocenters. The van der Waals surface area contributed by atoms with E-state index in [9.17, 15) is 9.59 Å². The SMILES string of the molecule is CN1C(=O)/C(=C/C=C/c2ccco2)SC1=Nc1ccc(C(=O)O)cc1. The maximum absolute atomic E-state index is 12.3. The van der Waals surface area contributed by atoms with Crippen molar-refractivity contribution in [1.29, 1.82) is 0 Å². The molecule has 1 aliphatic rings. The van der Waals surface area contributed by atoms with Crippen molar-refractivity contribution in [2.75, 3.05) is 7.05 Å². The van der Waals surface area contributed by atoms with Crippen LogP contribution in [0.4, 0.5) is 5.69 Å². The van der Waals surface area contributed by atoms with Crippen LogP contribution in [0.25, 0.3) is 6.08 Å². The van der Waals surface area contributed by atoms with Crippen LogP contribution in [0.5, 0.6) is 0 Å². The van der Waals surface area contributed by atoms with E-state index in [1.807, 2.05) is 6.07 Å². The summed E-state index contributed by atoms with van der Waals surface area (Å²) in [5, 5.41) is 9.44. The first-order chi connectivity index (χ1) is 12.0. The summed E-state index contributed by atoms with van der Waals surface area (Å²) in [5.74, 6) is -0.432. The average Bonchev–Trinajstić information content (AvgIpc) is 3.20.